The first-order valence-electron chi connectivity index (χ1n) is 12.3. The zero-order valence-corrected chi connectivity index (χ0v) is 21.4. The van der Waals surface area contributed by atoms with Crippen LogP contribution in [0.5, 0.6) is 0 Å². The maximum Gasteiger partial charge on any atom is 0.481 e. The van der Waals surface area contributed by atoms with E-state index in [1.165, 1.54) is 17.6 Å². The van der Waals surface area contributed by atoms with Crippen LogP contribution in [0.4, 0.5) is 0 Å². The number of ether oxygens (including phenoxy) is 1. The average molecular weight is 487 g/mol. The number of carbonyl (C=O) groups excluding carboxylic acids is 3. The molecule has 0 bridgehead atoms. The summed E-state index contributed by atoms with van der Waals surface area (Å²) in [5.41, 5.74) is 5.60. The van der Waals surface area contributed by atoms with Crippen LogP contribution in [-0.2, 0) is 34.9 Å². The second kappa shape index (κ2) is 11.1. The molecule has 192 valence electrons. The third kappa shape index (κ3) is 6.23. The Morgan fingerprint density at radius 3 is 2.40 bits per heavy atom. The number of nitrogens with zero attached hydrogens (tertiary/aromatic N) is 1. The molecule has 10 heteroatoms. The lowest BCUT2D eigenvalue weighted by Crippen LogP contribution is -2.59. The standard InChI is InChI=1S/C25H38BN3O6/c1-24(2)25(3,4)35-26(34-24)20(13-9-12-17-10-7-6-8-11-17)28-23(32)19(16-33-5)29-18(22(27)31)14-15-21(29)30/h6-8,10-11,18-20H,9,12-16H2,1-5H3,(H2,27,31)(H,28,32)/t18?,19-,20+/m1/s1. The molecule has 0 radical (unpaired) electrons. The van der Waals surface area contributed by atoms with Gasteiger partial charge < -0.3 is 30.0 Å². The fourth-order valence-corrected chi connectivity index (χ4v) is 4.59. The first-order valence-corrected chi connectivity index (χ1v) is 12.3. The number of benzene rings is 1. The molecule has 0 saturated carbocycles. The summed E-state index contributed by atoms with van der Waals surface area (Å²) in [6.07, 6.45) is 2.69. The largest absolute Gasteiger partial charge is 0.481 e. The zero-order valence-electron chi connectivity index (χ0n) is 21.4. The number of carbonyl (C=O) groups is 3. The Kier molecular flexibility index (Phi) is 8.61. The number of methoxy groups -OCH3 is 1. The minimum absolute atomic E-state index is 0.0541. The van der Waals surface area contributed by atoms with Gasteiger partial charge in [-0.15, -0.1) is 0 Å². The van der Waals surface area contributed by atoms with Crippen molar-refractivity contribution < 1.29 is 28.4 Å². The van der Waals surface area contributed by atoms with Crippen molar-refractivity contribution in [3.63, 3.8) is 0 Å². The second-order valence-corrected chi connectivity index (χ2v) is 10.3. The van der Waals surface area contributed by atoms with E-state index in [0.717, 1.165) is 12.8 Å². The van der Waals surface area contributed by atoms with E-state index >= 15 is 0 Å². The van der Waals surface area contributed by atoms with Gasteiger partial charge in [-0.3, -0.25) is 14.4 Å². The molecule has 2 heterocycles. The Bertz CT molecular complexity index is 894. The molecule has 1 unspecified atom stereocenters. The molecular formula is C25H38BN3O6. The maximum atomic E-state index is 13.5. The molecule has 35 heavy (non-hydrogen) atoms. The van der Waals surface area contributed by atoms with Crippen LogP contribution in [0.2, 0.25) is 0 Å². The van der Waals surface area contributed by atoms with Gasteiger partial charge in [-0.25, -0.2) is 0 Å². The number of aryl methyl sites for hydroxylation is 1. The van der Waals surface area contributed by atoms with Crippen molar-refractivity contribution in [3.8, 4) is 0 Å². The van der Waals surface area contributed by atoms with Gasteiger partial charge in [-0.2, -0.15) is 0 Å². The fraction of sp³-hybridized carbons (Fsp3) is 0.640. The van der Waals surface area contributed by atoms with E-state index in [1.54, 1.807) is 0 Å². The summed E-state index contributed by atoms with van der Waals surface area (Å²) < 4.78 is 17.8. The molecule has 3 amide bonds. The lowest BCUT2D eigenvalue weighted by molar-refractivity contribution is -0.144. The summed E-state index contributed by atoms with van der Waals surface area (Å²) in [6.45, 7) is 7.79. The Morgan fingerprint density at radius 2 is 1.83 bits per heavy atom. The van der Waals surface area contributed by atoms with Gasteiger partial charge in [0.05, 0.1) is 23.8 Å². The maximum absolute atomic E-state index is 13.5. The number of likely N-dealkylation sites (tertiary alicyclic amines) is 1. The summed E-state index contributed by atoms with van der Waals surface area (Å²) in [6, 6.07) is 8.31. The summed E-state index contributed by atoms with van der Waals surface area (Å²) in [7, 11) is 0.787. The molecule has 2 aliphatic rings. The van der Waals surface area contributed by atoms with E-state index in [2.05, 4.69) is 17.4 Å². The van der Waals surface area contributed by atoms with Gasteiger partial charge in [-0.05, 0) is 58.9 Å². The van der Waals surface area contributed by atoms with Crippen molar-refractivity contribution in [3.05, 3.63) is 35.9 Å². The van der Waals surface area contributed by atoms with Crippen molar-refractivity contribution in [2.45, 2.75) is 89.0 Å². The van der Waals surface area contributed by atoms with E-state index in [9.17, 15) is 14.4 Å². The van der Waals surface area contributed by atoms with Gasteiger partial charge in [0.15, 0.2) is 0 Å². The lowest BCUT2D eigenvalue weighted by Gasteiger charge is -2.32. The molecule has 2 aliphatic heterocycles. The van der Waals surface area contributed by atoms with Crippen LogP contribution >= 0.6 is 0 Å². The van der Waals surface area contributed by atoms with Gasteiger partial charge >= 0.3 is 7.12 Å². The second-order valence-electron chi connectivity index (χ2n) is 10.3. The van der Waals surface area contributed by atoms with Crippen LogP contribution in [0.3, 0.4) is 0 Å². The van der Waals surface area contributed by atoms with Crippen molar-refractivity contribution >= 4 is 24.8 Å². The van der Waals surface area contributed by atoms with E-state index in [-0.39, 0.29) is 18.9 Å². The van der Waals surface area contributed by atoms with Crippen molar-refractivity contribution in [1.29, 1.82) is 0 Å². The Labute approximate surface area is 208 Å². The van der Waals surface area contributed by atoms with E-state index in [0.29, 0.717) is 12.8 Å². The van der Waals surface area contributed by atoms with Gasteiger partial charge in [0.25, 0.3) is 0 Å². The SMILES string of the molecule is COC[C@H](C(=O)N[C@@H](CCCc1ccccc1)B1OC(C)(C)C(C)(C)O1)N1C(=O)CCC1C(N)=O. The summed E-state index contributed by atoms with van der Waals surface area (Å²) in [5.74, 6) is -1.80. The van der Waals surface area contributed by atoms with Gasteiger partial charge in [-0.1, -0.05) is 30.3 Å². The summed E-state index contributed by atoms with van der Waals surface area (Å²) >= 11 is 0. The molecule has 3 atom stereocenters. The smallest absolute Gasteiger partial charge is 0.402 e. The number of nitrogens with one attached hydrogen (secondary N) is 1. The highest BCUT2D eigenvalue weighted by Gasteiger charge is 2.54. The predicted octanol–water partition coefficient (Wildman–Crippen LogP) is 1.62. The van der Waals surface area contributed by atoms with Crippen molar-refractivity contribution in [1.82, 2.24) is 10.2 Å². The first kappa shape index (κ1) is 27.2. The van der Waals surface area contributed by atoms with Crippen LogP contribution in [0.15, 0.2) is 30.3 Å². The summed E-state index contributed by atoms with van der Waals surface area (Å²) in [5, 5.41) is 3.05. The number of hydrogen-bond donors (Lipinski definition) is 2. The van der Waals surface area contributed by atoms with E-state index in [1.807, 2.05) is 45.9 Å². The molecule has 1 aromatic carbocycles. The van der Waals surface area contributed by atoms with Crippen LogP contribution in [-0.4, -0.2) is 72.7 Å². The molecule has 3 rings (SSSR count). The molecule has 0 aromatic heterocycles. The van der Waals surface area contributed by atoms with Crippen molar-refractivity contribution in [2.24, 2.45) is 5.73 Å². The van der Waals surface area contributed by atoms with Crippen LogP contribution < -0.4 is 11.1 Å². The van der Waals surface area contributed by atoms with E-state index in [4.69, 9.17) is 19.8 Å². The number of amides is 3. The number of hydrogen-bond acceptors (Lipinski definition) is 6. The molecule has 3 N–H and O–H groups in total. The first-order chi connectivity index (χ1) is 16.5. The van der Waals surface area contributed by atoms with Gasteiger partial charge in [0.2, 0.25) is 17.7 Å². The minimum atomic E-state index is -0.980. The molecule has 1 aromatic rings. The van der Waals surface area contributed by atoms with Crippen LogP contribution in [0, 0.1) is 0 Å². The molecule has 0 spiro atoms. The van der Waals surface area contributed by atoms with Crippen molar-refractivity contribution in [2.75, 3.05) is 13.7 Å². The lowest BCUT2D eigenvalue weighted by atomic mass is 9.75. The number of nitrogens with two attached hydrogens (primary N) is 1. The normalized spacial score (nSPS) is 22.8. The Morgan fingerprint density at radius 1 is 1.20 bits per heavy atom. The average Bonchev–Trinajstić information content (AvgIpc) is 3.27. The van der Waals surface area contributed by atoms with Gasteiger partial charge in [0, 0.05) is 13.5 Å². The quantitative estimate of drug-likeness (QED) is 0.458. The number of rotatable bonds is 11. The van der Waals surface area contributed by atoms with Crippen LogP contribution in [0.1, 0.15) is 58.9 Å². The topological polar surface area (TPSA) is 120 Å². The highest BCUT2D eigenvalue weighted by molar-refractivity contribution is 6.48. The molecule has 2 saturated heterocycles. The van der Waals surface area contributed by atoms with Gasteiger partial charge in [0.1, 0.15) is 12.1 Å². The Balaban J connectivity index is 1.78. The highest BCUT2D eigenvalue weighted by atomic mass is 16.7. The van der Waals surface area contributed by atoms with E-state index < -0.39 is 48.2 Å². The predicted molar refractivity (Wildman–Crippen MR) is 132 cm³/mol. The fourth-order valence-electron chi connectivity index (χ4n) is 4.59. The number of primary amides is 1. The minimum Gasteiger partial charge on any atom is -0.402 e. The van der Waals surface area contributed by atoms with Crippen LogP contribution in [0.25, 0.3) is 0 Å². The molecule has 0 aliphatic carbocycles. The zero-order chi connectivity index (χ0) is 25.8. The third-order valence-corrected chi connectivity index (χ3v) is 7.30. The monoisotopic (exact) mass is 487 g/mol. The third-order valence-electron chi connectivity index (χ3n) is 7.30. The summed E-state index contributed by atoms with van der Waals surface area (Å²) in [4.78, 5) is 39.3. The Hall–Kier alpha value is -2.43. The molecule has 9 nitrogen and oxygen atoms in total. The highest BCUT2D eigenvalue weighted by Crippen LogP contribution is 2.38. The molecule has 2 fully saturated rings. The molecular weight excluding hydrogens is 449 g/mol.